The van der Waals surface area contributed by atoms with E-state index < -0.39 is 0 Å². The molecule has 0 saturated heterocycles. The standard InChI is InChI=1S/C15H13NO2.C9H12O2/c1-9(17)8-16-14-11-6-2-4-10-5-3-7-12(13(10)11)15(14)18;1-7-4-5-8(10-2)6-9(7)11-3/h2-7,14,16H,8H2,1H3;4-6H,1-3H3. The van der Waals surface area contributed by atoms with Crippen molar-refractivity contribution in [3.63, 3.8) is 0 Å². The third-order valence-corrected chi connectivity index (χ3v) is 4.95. The van der Waals surface area contributed by atoms with E-state index in [-0.39, 0.29) is 24.2 Å². The summed E-state index contributed by atoms with van der Waals surface area (Å²) in [6, 6.07) is 17.0. The molecule has 3 aromatic rings. The van der Waals surface area contributed by atoms with E-state index >= 15 is 0 Å². The third kappa shape index (κ3) is 4.30. The van der Waals surface area contributed by atoms with Gasteiger partial charge in [0, 0.05) is 11.6 Å². The summed E-state index contributed by atoms with van der Waals surface area (Å²) in [6.45, 7) is 3.74. The van der Waals surface area contributed by atoms with Crippen LogP contribution in [0.15, 0.2) is 54.6 Å². The first-order chi connectivity index (χ1) is 14.0. The predicted octanol–water partition coefficient (Wildman–Crippen LogP) is 4.27. The Morgan fingerprint density at radius 1 is 1.03 bits per heavy atom. The number of methoxy groups -OCH3 is 2. The fourth-order valence-corrected chi connectivity index (χ4v) is 3.49. The highest BCUT2D eigenvalue weighted by Crippen LogP contribution is 2.36. The van der Waals surface area contributed by atoms with E-state index in [1.807, 2.05) is 61.5 Å². The SMILES string of the molecule is CC(=O)CNC1C(=O)c2cccc3cccc1c23.COc1ccc(C)c(OC)c1. The molecule has 0 aromatic heterocycles. The fraction of sp³-hybridized carbons (Fsp3) is 0.250. The fourth-order valence-electron chi connectivity index (χ4n) is 3.49. The minimum absolute atomic E-state index is 0.0333. The Hall–Kier alpha value is -3.18. The van der Waals surface area contributed by atoms with Crippen LogP contribution in [0.25, 0.3) is 10.8 Å². The van der Waals surface area contributed by atoms with Crippen LogP contribution in [0.5, 0.6) is 11.5 Å². The van der Waals surface area contributed by atoms with Crippen molar-refractivity contribution >= 4 is 22.3 Å². The van der Waals surface area contributed by atoms with Crippen LogP contribution in [-0.4, -0.2) is 32.3 Å². The number of benzene rings is 3. The summed E-state index contributed by atoms with van der Waals surface area (Å²) in [6.07, 6.45) is 0. The number of Topliss-reactive ketones (excluding diaryl/α,β-unsaturated/α-hetero) is 2. The molecule has 3 aromatic carbocycles. The van der Waals surface area contributed by atoms with Crippen molar-refractivity contribution in [1.82, 2.24) is 5.32 Å². The first-order valence-corrected chi connectivity index (χ1v) is 9.43. The monoisotopic (exact) mass is 391 g/mol. The number of rotatable bonds is 5. The number of carbonyl (C=O) groups is 2. The van der Waals surface area contributed by atoms with Gasteiger partial charge in [0.2, 0.25) is 0 Å². The largest absolute Gasteiger partial charge is 0.497 e. The molecule has 0 spiro atoms. The number of ketones is 2. The maximum Gasteiger partial charge on any atom is 0.184 e. The van der Waals surface area contributed by atoms with Crippen LogP contribution in [-0.2, 0) is 4.79 Å². The Labute approximate surface area is 170 Å². The molecule has 0 fully saturated rings. The summed E-state index contributed by atoms with van der Waals surface area (Å²) >= 11 is 0. The van der Waals surface area contributed by atoms with E-state index in [4.69, 9.17) is 9.47 Å². The van der Waals surface area contributed by atoms with Crippen molar-refractivity contribution in [1.29, 1.82) is 0 Å². The molecule has 0 radical (unpaired) electrons. The van der Waals surface area contributed by atoms with E-state index in [1.165, 1.54) is 6.92 Å². The minimum atomic E-state index is -0.380. The average Bonchev–Trinajstić information content (AvgIpc) is 3.01. The van der Waals surface area contributed by atoms with Crippen molar-refractivity contribution in [3.05, 3.63) is 71.3 Å². The van der Waals surface area contributed by atoms with Crippen LogP contribution in [0.4, 0.5) is 0 Å². The smallest absolute Gasteiger partial charge is 0.184 e. The quantitative estimate of drug-likeness (QED) is 0.704. The van der Waals surface area contributed by atoms with Gasteiger partial charge in [0.1, 0.15) is 17.3 Å². The molecule has 0 bridgehead atoms. The Kier molecular flexibility index (Phi) is 6.29. The van der Waals surface area contributed by atoms with Crippen molar-refractivity contribution in [3.8, 4) is 11.5 Å². The van der Waals surface area contributed by atoms with E-state index in [9.17, 15) is 9.59 Å². The molecule has 1 aliphatic rings. The Morgan fingerprint density at radius 2 is 1.76 bits per heavy atom. The van der Waals surface area contributed by atoms with Crippen molar-refractivity contribution in [2.45, 2.75) is 19.9 Å². The van der Waals surface area contributed by atoms with Crippen LogP contribution in [0.2, 0.25) is 0 Å². The highest BCUT2D eigenvalue weighted by atomic mass is 16.5. The van der Waals surface area contributed by atoms with E-state index in [0.29, 0.717) is 0 Å². The van der Waals surface area contributed by atoms with Crippen molar-refractivity contribution in [2.24, 2.45) is 0 Å². The molecule has 5 heteroatoms. The van der Waals surface area contributed by atoms with Gasteiger partial charge in [0.05, 0.1) is 26.8 Å². The molecule has 0 amide bonds. The van der Waals surface area contributed by atoms with Gasteiger partial charge in [-0.05, 0) is 41.8 Å². The molecular formula is C24H25NO4. The lowest BCUT2D eigenvalue weighted by Crippen LogP contribution is -2.29. The van der Waals surface area contributed by atoms with Gasteiger partial charge in [0.25, 0.3) is 0 Å². The Morgan fingerprint density at radius 3 is 2.41 bits per heavy atom. The van der Waals surface area contributed by atoms with E-state index in [1.54, 1.807) is 14.2 Å². The summed E-state index contributed by atoms with van der Waals surface area (Å²) in [7, 11) is 3.30. The molecule has 1 aliphatic carbocycles. The second-order valence-electron chi connectivity index (χ2n) is 6.97. The van der Waals surface area contributed by atoms with Crippen LogP contribution >= 0.6 is 0 Å². The highest BCUT2D eigenvalue weighted by Gasteiger charge is 2.31. The molecule has 0 heterocycles. The molecular weight excluding hydrogens is 366 g/mol. The van der Waals surface area contributed by atoms with Gasteiger partial charge in [-0.3, -0.25) is 14.9 Å². The molecule has 1 atom stereocenters. The second-order valence-corrected chi connectivity index (χ2v) is 6.97. The summed E-state index contributed by atoms with van der Waals surface area (Å²) in [5, 5.41) is 5.13. The van der Waals surface area contributed by atoms with Gasteiger partial charge < -0.3 is 9.47 Å². The first kappa shape index (κ1) is 20.6. The predicted molar refractivity (Wildman–Crippen MR) is 114 cm³/mol. The molecule has 5 nitrogen and oxygen atoms in total. The Balaban J connectivity index is 0.000000188. The number of hydrogen-bond donors (Lipinski definition) is 1. The third-order valence-electron chi connectivity index (χ3n) is 4.95. The maximum atomic E-state index is 12.3. The lowest BCUT2D eigenvalue weighted by Gasteiger charge is -2.11. The van der Waals surface area contributed by atoms with Gasteiger partial charge in [0.15, 0.2) is 5.78 Å². The van der Waals surface area contributed by atoms with Gasteiger partial charge in [-0.2, -0.15) is 0 Å². The van der Waals surface area contributed by atoms with Crippen molar-refractivity contribution < 1.29 is 19.1 Å². The molecule has 4 rings (SSSR count). The van der Waals surface area contributed by atoms with Crippen LogP contribution in [0.1, 0.15) is 34.5 Å². The zero-order valence-electron chi connectivity index (χ0n) is 17.1. The number of carbonyl (C=O) groups excluding carboxylic acids is 2. The molecule has 0 aliphatic heterocycles. The number of hydrogen-bond acceptors (Lipinski definition) is 5. The summed E-state index contributed by atoms with van der Waals surface area (Å²) in [5.41, 5.74) is 2.85. The number of aryl methyl sites for hydroxylation is 1. The highest BCUT2D eigenvalue weighted by molar-refractivity contribution is 6.17. The molecule has 0 saturated carbocycles. The lowest BCUT2D eigenvalue weighted by atomic mass is 10.0. The number of nitrogens with one attached hydrogen (secondary N) is 1. The molecule has 1 unspecified atom stereocenters. The van der Waals surface area contributed by atoms with Gasteiger partial charge in [-0.1, -0.05) is 42.5 Å². The Bertz CT molecular complexity index is 1050. The summed E-state index contributed by atoms with van der Waals surface area (Å²) in [4.78, 5) is 23.4. The van der Waals surface area contributed by atoms with E-state index in [0.717, 1.165) is 39.0 Å². The average molecular weight is 391 g/mol. The van der Waals surface area contributed by atoms with Crippen LogP contribution in [0.3, 0.4) is 0 Å². The summed E-state index contributed by atoms with van der Waals surface area (Å²) < 4.78 is 10.1. The molecule has 1 N–H and O–H groups in total. The van der Waals surface area contributed by atoms with Gasteiger partial charge in [-0.25, -0.2) is 0 Å². The molecule has 29 heavy (non-hydrogen) atoms. The molecule has 150 valence electrons. The van der Waals surface area contributed by atoms with Gasteiger partial charge >= 0.3 is 0 Å². The number of ether oxygens (including phenoxy) is 2. The van der Waals surface area contributed by atoms with Gasteiger partial charge in [-0.15, -0.1) is 0 Å². The minimum Gasteiger partial charge on any atom is -0.497 e. The maximum absolute atomic E-state index is 12.3. The van der Waals surface area contributed by atoms with Crippen LogP contribution in [0, 0.1) is 6.92 Å². The summed E-state index contributed by atoms with van der Waals surface area (Å²) in [5.74, 6) is 1.78. The van der Waals surface area contributed by atoms with Crippen LogP contribution < -0.4 is 14.8 Å². The lowest BCUT2D eigenvalue weighted by molar-refractivity contribution is -0.116. The van der Waals surface area contributed by atoms with E-state index in [2.05, 4.69) is 5.32 Å². The normalized spacial score (nSPS) is 14.3. The first-order valence-electron chi connectivity index (χ1n) is 9.43. The topological polar surface area (TPSA) is 64.6 Å². The zero-order chi connectivity index (χ0) is 21.0. The van der Waals surface area contributed by atoms with Crippen molar-refractivity contribution in [2.75, 3.05) is 20.8 Å². The second kappa shape index (κ2) is 8.88. The zero-order valence-corrected chi connectivity index (χ0v) is 17.1.